The van der Waals surface area contributed by atoms with Crippen LogP contribution in [0.2, 0.25) is 0 Å². The molecule has 1 saturated heterocycles. The van der Waals surface area contributed by atoms with Crippen molar-refractivity contribution in [3.8, 4) is 0 Å². The molecule has 0 aliphatic carbocycles. The van der Waals surface area contributed by atoms with E-state index in [1.54, 1.807) is 0 Å². The van der Waals surface area contributed by atoms with Crippen molar-refractivity contribution in [3.63, 3.8) is 0 Å². The quantitative estimate of drug-likeness (QED) is 0.797. The summed E-state index contributed by atoms with van der Waals surface area (Å²) in [6, 6.07) is 19.6. The van der Waals surface area contributed by atoms with E-state index in [1.165, 1.54) is 0 Å². The van der Waals surface area contributed by atoms with Crippen LogP contribution < -0.4 is 0 Å². The maximum atomic E-state index is 12.5. The Morgan fingerprint density at radius 1 is 0.957 bits per heavy atom. The van der Waals surface area contributed by atoms with E-state index in [2.05, 4.69) is 0 Å². The summed E-state index contributed by atoms with van der Waals surface area (Å²) in [5.41, 5.74) is 2.11. The lowest BCUT2D eigenvalue weighted by Gasteiger charge is -2.27. The summed E-state index contributed by atoms with van der Waals surface area (Å²) in [4.78, 5) is 24.5. The second-order valence-corrected chi connectivity index (χ2v) is 6.08. The summed E-state index contributed by atoms with van der Waals surface area (Å²) in [6.07, 6.45) is 1.62. The van der Waals surface area contributed by atoms with Crippen LogP contribution in [0.3, 0.4) is 0 Å². The van der Waals surface area contributed by atoms with Gasteiger partial charge in [-0.25, -0.2) is 0 Å². The topological polar surface area (TPSA) is 43.4 Å². The fraction of sp³-hybridized carbons (Fsp3) is 0.300. The van der Waals surface area contributed by atoms with Gasteiger partial charge in [-0.1, -0.05) is 60.7 Å². The summed E-state index contributed by atoms with van der Waals surface area (Å²) in [7, 11) is 0. The van der Waals surface area contributed by atoms with E-state index in [1.807, 2.05) is 60.7 Å². The van der Waals surface area contributed by atoms with Crippen molar-refractivity contribution in [1.29, 1.82) is 0 Å². The third-order valence-corrected chi connectivity index (χ3v) is 4.33. The average molecular weight is 308 g/mol. The van der Waals surface area contributed by atoms with Gasteiger partial charge in [-0.2, -0.15) is 0 Å². The molecule has 1 aliphatic rings. The molecule has 1 aliphatic heterocycles. The molecule has 0 amide bonds. The molecule has 118 valence electrons. The number of benzene rings is 2. The number of carbonyl (C=O) groups is 2. The first kappa shape index (κ1) is 15.5. The number of rotatable bonds is 5. The number of hydrogen-bond acceptors (Lipinski definition) is 3. The van der Waals surface area contributed by atoms with E-state index in [0.717, 1.165) is 11.1 Å². The van der Waals surface area contributed by atoms with Crippen molar-refractivity contribution >= 4 is 11.8 Å². The van der Waals surface area contributed by atoms with Gasteiger partial charge in [-0.05, 0) is 24.0 Å². The lowest BCUT2D eigenvalue weighted by atomic mass is 9.84. The minimum atomic E-state index is -0.226. The van der Waals surface area contributed by atoms with E-state index in [4.69, 9.17) is 4.74 Å². The first-order valence-electron chi connectivity index (χ1n) is 7.99. The van der Waals surface area contributed by atoms with E-state index in [9.17, 15) is 9.59 Å². The van der Waals surface area contributed by atoms with Gasteiger partial charge in [0.05, 0.1) is 11.8 Å². The smallest absolute Gasteiger partial charge is 0.309 e. The minimum absolute atomic E-state index is 0.154. The number of carbonyl (C=O) groups excluding carboxylic acids is 2. The van der Waals surface area contributed by atoms with E-state index < -0.39 is 0 Å². The number of Topliss-reactive ketones (excluding diaryl/α,β-unsaturated/α-hetero) is 1. The van der Waals surface area contributed by atoms with Crippen molar-refractivity contribution in [2.45, 2.75) is 19.3 Å². The molecule has 3 rings (SSSR count). The van der Waals surface area contributed by atoms with Crippen LogP contribution in [0, 0.1) is 11.8 Å². The largest absolute Gasteiger partial charge is 0.465 e. The molecule has 2 atom stereocenters. The lowest BCUT2D eigenvalue weighted by Crippen LogP contribution is -2.36. The zero-order valence-electron chi connectivity index (χ0n) is 13.0. The Hall–Kier alpha value is -2.42. The fourth-order valence-corrected chi connectivity index (χ4v) is 3.04. The predicted octanol–water partition coefficient (Wildman–Crippen LogP) is 3.22. The highest BCUT2D eigenvalue weighted by Gasteiger charge is 2.33. The molecule has 1 fully saturated rings. The molecule has 0 N–H and O–H groups in total. The van der Waals surface area contributed by atoms with Crippen molar-refractivity contribution in [2.24, 2.45) is 11.8 Å². The third-order valence-electron chi connectivity index (χ3n) is 4.33. The molecule has 1 heterocycles. The Morgan fingerprint density at radius 3 is 2.22 bits per heavy atom. The van der Waals surface area contributed by atoms with Crippen LogP contribution in [0.1, 0.15) is 17.5 Å². The second kappa shape index (κ2) is 7.23. The fourth-order valence-electron chi connectivity index (χ4n) is 3.04. The summed E-state index contributed by atoms with van der Waals surface area (Å²) >= 11 is 0. The number of cyclic esters (lactones) is 1. The van der Waals surface area contributed by atoms with Gasteiger partial charge in [-0.3, -0.25) is 9.59 Å². The summed E-state index contributed by atoms with van der Waals surface area (Å²) < 4.78 is 5.27. The molecule has 3 heteroatoms. The number of hydrogen-bond donors (Lipinski definition) is 0. The molecule has 2 aromatic rings. The summed E-state index contributed by atoms with van der Waals surface area (Å²) in [5.74, 6) is -0.447. The number of esters is 1. The van der Waals surface area contributed by atoms with Crippen LogP contribution in [-0.2, 0) is 27.2 Å². The molecule has 23 heavy (non-hydrogen) atoms. The molecule has 2 unspecified atom stereocenters. The normalized spacial score (nSPS) is 20.8. The van der Waals surface area contributed by atoms with Gasteiger partial charge in [-0.15, -0.1) is 0 Å². The van der Waals surface area contributed by atoms with Crippen molar-refractivity contribution in [3.05, 3.63) is 71.8 Å². The third kappa shape index (κ3) is 4.07. The Balaban J connectivity index is 1.63. The zero-order chi connectivity index (χ0) is 16.1. The minimum Gasteiger partial charge on any atom is -0.465 e. The average Bonchev–Trinajstić information content (AvgIpc) is 2.58. The Kier molecular flexibility index (Phi) is 4.86. The Morgan fingerprint density at radius 2 is 1.57 bits per heavy atom. The molecular formula is C20H20O3. The van der Waals surface area contributed by atoms with E-state index >= 15 is 0 Å². The SMILES string of the molecule is O=C(Cc1ccccc1)C1COC(=O)C(Cc2ccccc2)C1. The van der Waals surface area contributed by atoms with Crippen molar-refractivity contribution in [1.82, 2.24) is 0 Å². The highest BCUT2D eigenvalue weighted by atomic mass is 16.5. The number of ketones is 1. The Labute approximate surface area is 136 Å². The monoisotopic (exact) mass is 308 g/mol. The van der Waals surface area contributed by atoms with E-state index in [-0.39, 0.29) is 30.2 Å². The lowest BCUT2D eigenvalue weighted by molar-refractivity contribution is -0.157. The molecule has 3 nitrogen and oxygen atoms in total. The van der Waals surface area contributed by atoms with Crippen LogP contribution >= 0.6 is 0 Å². The van der Waals surface area contributed by atoms with E-state index in [0.29, 0.717) is 19.3 Å². The zero-order valence-corrected chi connectivity index (χ0v) is 13.0. The maximum Gasteiger partial charge on any atom is 0.309 e. The van der Waals surface area contributed by atoms with Crippen LogP contribution in [0.15, 0.2) is 60.7 Å². The first-order valence-corrected chi connectivity index (χ1v) is 7.99. The molecule has 0 radical (unpaired) electrons. The van der Waals surface area contributed by atoms with Gasteiger partial charge < -0.3 is 4.74 Å². The maximum absolute atomic E-state index is 12.5. The first-order chi connectivity index (χ1) is 11.2. The van der Waals surface area contributed by atoms with Crippen molar-refractivity contribution < 1.29 is 14.3 Å². The highest BCUT2D eigenvalue weighted by molar-refractivity contribution is 5.85. The van der Waals surface area contributed by atoms with Crippen LogP contribution in [0.4, 0.5) is 0 Å². The molecule has 0 spiro atoms. The molecule has 2 aromatic carbocycles. The molecule has 0 aromatic heterocycles. The Bertz CT molecular complexity index is 664. The van der Waals surface area contributed by atoms with Gasteiger partial charge in [0.15, 0.2) is 0 Å². The molecule has 0 bridgehead atoms. The standard InChI is InChI=1S/C20H20O3/c21-19(12-16-9-5-2-6-10-16)18-13-17(20(22)23-14-18)11-15-7-3-1-4-8-15/h1-10,17-18H,11-14H2. The predicted molar refractivity (Wildman–Crippen MR) is 87.9 cm³/mol. The van der Waals surface area contributed by atoms with Crippen LogP contribution in [0.5, 0.6) is 0 Å². The second-order valence-electron chi connectivity index (χ2n) is 6.08. The van der Waals surface area contributed by atoms with Gasteiger partial charge in [0.25, 0.3) is 0 Å². The van der Waals surface area contributed by atoms with Gasteiger partial charge >= 0.3 is 5.97 Å². The number of ether oxygens (including phenoxy) is 1. The highest BCUT2D eigenvalue weighted by Crippen LogP contribution is 2.26. The molecular weight excluding hydrogens is 288 g/mol. The van der Waals surface area contributed by atoms with Gasteiger partial charge in [0.1, 0.15) is 12.4 Å². The van der Waals surface area contributed by atoms with Crippen LogP contribution in [-0.4, -0.2) is 18.4 Å². The van der Waals surface area contributed by atoms with Crippen molar-refractivity contribution in [2.75, 3.05) is 6.61 Å². The van der Waals surface area contributed by atoms with Gasteiger partial charge in [0, 0.05) is 6.42 Å². The van der Waals surface area contributed by atoms with Crippen LogP contribution in [0.25, 0.3) is 0 Å². The van der Waals surface area contributed by atoms with Gasteiger partial charge in [0.2, 0.25) is 0 Å². The summed E-state index contributed by atoms with van der Waals surface area (Å²) in [6.45, 7) is 0.218. The summed E-state index contributed by atoms with van der Waals surface area (Å²) in [5, 5.41) is 0. The molecule has 0 saturated carbocycles.